The minimum atomic E-state index is -0.978. The van der Waals surface area contributed by atoms with Crippen LogP contribution in [0.15, 0.2) is 24.5 Å². The van der Waals surface area contributed by atoms with Crippen LogP contribution in [-0.4, -0.2) is 19.6 Å². The Balaban J connectivity index is 1.89. The molecule has 2 aromatic heterocycles. The number of aryl methyl sites for hydroxylation is 1. The molecule has 0 saturated carbocycles. The molecule has 3 aromatic rings. The van der Waals surface area contributed by atoms with Crippen LogP contribution in [0, 0.1) is 17.5 Å². The molecule has 24 heavy (non-hydrogen) atoms. The van der Waals surface area contributed by atoms with E-state index in [4.69, 9.17) is 0 Å². The third-order valence-electron chi connectivity index (χ3n) is 3.79. The molecule has 0 unspecified atom stereocenters. The Kier molecular flexibility index (Phi) is 4.78. The number of hydrogen-bond donors (Lipinski definition) is 0. The summed E-state index contributed by atoms with van der Waals surface area (Å²) in [6, 6.07) is 1.28. The van der Waals surface area contributed by atoms with Gasteiger partial charge in [-0.25, -0.2) is 22.7 Å². The predicted octanol–water partition coefficient (Wildman–Crippen LogP) is 4.33. The highest BCUT2D eigenvalue weighted by atomic mass is 19.1. The van der Waals surface area contributed by atoms with E-state index in [9.17, 15) is 13.2 Å². The Morgan fingerprint density at radius 3 is 2.50 bits per heavy atom. The monoisotopic (exact) mass is 334 g/mol. The van der Waals surface area contributed by atoms with Gasteiger partial charge >= 0.3 is 0 Å². The number of halogens is 3. The summed E-state index contributed by atoms with van der Waals surface area (Å²) < 4.78 is 42.2. The number of unbranched alkanes of at least 4 members (excludes halogenated alkanes) is 3. The minimum absolute atomic E-state index is 0.180. The largest absolute Gasteiger partial charge is 0.252 e. The van der Waals surface area contributed by atoms with Crippen molar-refractivity contribution in [1.82, 2.24) is 19.6 Å². The van der Waals surface area contributed by atoms with Crippen LogP contribution in [0.3, 0.4) is 0 Å². The number of fused-ring (bicyclic) bond motifs is 1. The molecule has 1 aromatic carbocycles. The molecule has 7 heteroatoms. The summed E-state index contributed by atoms with van der Waals surface area (Å²) in [5.41, 5.74) is -0.147. The Bertz CT molecular complexity index is 837. The van der Waals surface area contributed by atoms with E-state index in [1.807, 2.05) is 0 Å². The molecule has 0 saturated heterocycles. The van der Waals surface area contributed by atoms with Crippen molar-refractivity contribution < 1.29 is 13.2 Å². The lowest BCUT2D eigenvalue weighted by Gasteiger charge is -2.05. The summed E-state index contributed by atoms with van der Waals surface area (Å²) in [5, 5.41) is 4.30. The lowest BCUT2D eigenvalue weighted by Crippen LogP contribution is -1.97. The quantitative estimate of drug-likeness (QED) is 0.630. The molecule has 0 atom stereocenters. The fraction of sp³-hybridized carbons (Fsp3) is 0.353. The maximum absolute atomic E-state index is 13.9. The van der Waals surface area contributed by atoms with Gasteiger partial charge in [-0.1, -0.05) is 26.2 Å². The molecule has 0 spiro atoms. The van der Waals surface area contributed by atoms with Crippen LogP contribution in [0.4, 0.5) is 13.2 Å². The topological polar surface area (TPSA) is 43.1 Å². The highest BCUT2D eigenvalue weighted by Crippen LogP contribution is 2.26. The maximum Gasteiger partial charge on any atom is 0.252 e. The smallest absolute Gasteiger partial charge is 0.219 e. The summed E-state index contributed by atoms with van der Waals surface area (Å²) >= 11 is 0. The molecule has 126 valence electrons. The first-order valence-corrected chi connectivity index (χ1v) is 7.94. The van der Waals surface area contributed by atoms with Crippen molar-refractivity contribution in [2.45, 2.75) is 39.0 Å². The van der Waals surface area contributed by atoms with E-state index in [0.717, 1.165) is 25.7 Å². The first kappa shape index (κ1) is 16.4. The molecule has 3 rings (SSSR count). The van der Waals surface area contributed by atoms with Crippen LogP contribution < -0.4 is 0 Å². The normalized spacial score (nSPS) is 11.3. The van der Waals surface area contributed by atoms with Gasteiger partial charge in [0, 0.05) is 36.5 Å². The Morgan fingerprint density at radius 2 is 1.79 bits per heavy atom. The second-order valence-electron chi connectivity index (χ2n) is 5.67. The summed E-state index contributed by atoms with van der Waals surface area (Å²) in [5.74, 6) is -1.90. The van der Waals surface area contributed by atoms with E-state index in [0.29, 0.717) is 23.7 Å². The second kappa shape index (κ2) is 6.98. The number of hydrogen-bond acceptors (Lipinski definition) is 3. The minimum Gasteiger partial charge on any atom is -0.219 e. The Hall–Kier alpha value is -2.44. The average molecular weight is 334 g/mol. The Labute approximate surface area is 137 Å². The molecule has 0 N–H and O–H groups in total. The van der Waals surface area contributed by atoms with Gasteiger partial charge < -0.3 is 0 Å². The SMILES string of the molecule is CCCCCCc1nc2ncc(-c3c(F)cc(F)cc3F)cn2n1. The van der Waals surface area contributed by atoms with E-state index in [2.05, 4.69) is 22.0 Å². The number of aromatic nitrogens is 4. The maximum atomic E-state index is 13.9. The van der Waals surface area contributed by atoms with E-state index in [1.54, 1.807) is 0 Å². The second-order valence-corrected chi connectivity index (χ2v) is 5.67. The molecule has 0 radical (unpaired) electrons. The lowest BCUT2D eigenvalue weighted by molar-refractivity contribution is 0.548. The van der Waals surface area contributed by atoms with Gasteiger partial charge in [0.2, 0.25) is 0 Å². The zero-order valence-corrected chi connectivity index (χ0v) is 13.3. The van der Waals surface area contributed by atoms with Crippen molar-refractivity contribution in [1.29, 1.82) is 0 Å². The van der Waals surface area contributed by atoms with Gasteiger partial charge in [-0.05, 0) is 6.42 Å². The van der Waals surface area contributed by atoms with Crippen molar-refractivity contribution in [3.63, 3.8) is 0 Å². The van der Waals surface area contributed by atoms with Gasteiger partial charge in [-0.3, -0.25) is 0 Å². The molecular weight excluding hydrogens is 317 g/mol. The van der Waals surface area contributed by atoms with E-state index in [1.165, 1.54) is 23.3 Å². The average Bonchev–Trinajstić information content (AvgIpc) is 2.92. The summed E-state index contributed by atoms with van der Waals surface area (Å²) in [6.07, 6.45) is 7.90. The van der Waals surface area contributed by atoms with E-state index in [-0.39, 0.29) is 11.1 Å². The van der Waals surface area contributed by atoms with Crippen molar-refractivity contribution in [3.8, 4) is 11.1 Å². The first-order chi connectivity index (χ1) is 11.6. The van der Waals surface area contributed by atoms with Gasteiger partial charge in [0.05, 0.1) is 5.56 Å². The van der Waals surface area contributed by atoms with E-state index < -0.39 is 17.5 Å². The van der Waals surface area contributed by atoms with Gasteiger partial charge in [-0.2, -0.15) is 4.98 Å². The van der Waals surface area contributed by atoms with Crippen molar-refractivity contribution in [2.24, 2.45) is 0 Å². The molecule has 0 aliphatic heterocycles. The fourth-order valence-corrected chi connectivity index (χ4v) is 2.59. The van der Waals surface area contributed by atoms with Crippen LogP contribution in [0.25, 0.3) is 16.9 Å². The molecular formula is C17H17F3N4. The first-order valence-electron chi connectivity index (χ1n) is 7.94. The fourth-order valence-electron chi connectivity index (χ4n) is 2.59. The van der Waals surface area contributed by atoms with E-state index >= 15 is 0 Å². The zero-order valence-electron chi connectivity index (χ0n) is 13.3. The zero-order chi connectivity index (χ0) is 17.1. The van der Waals surface area contributed by atoms with Crippen LogP contribution in [-0.2, 0) is 6.42 Å². The molecule has 2 heterocycles. The highest BCUT2D eigenvalue weighted by molar-refractivity contribution is 5.64. The van der Waals surface area contributed by atoms with Gasteiger partial charge in [-0.15, -0.1) is 5.10 Å². The van der Waals surface area contributed by atoms with Gasteiger partial charge in [0.1, 0.15) is 17.5 Å². The van der Waals surface area contributed by atoms with Crippen LogP contribution in [0.2, 0.25) is 0 Å². The molecule has 0 aliphatic carbocycles. The molecule has 0 bridgehead atoms. The summed E-state index contributed by atoms with van der Waals surface area (Å²) in [7, 11) is 0. The third kappa shape index (κ3) is 3.39. The molecule has 0 aliphatic rings. The van der Waals surface area contributed by atoms with Gasteiger partial charge in [0.15, 0.2) is 5.82 Å². The van der Waals surface area contributed by atoms with Crippen LogP contribution >= 0.6 is 0 Å². The number of benzene rings is 1. The molecule has 0 amide bonds. The third-order valence-corrected chi connectivity index (χ3v) is 3.79. The van der Waals surface area contributed by atoms with Crippen molar-refractivity contribution >= 4 is 5.78 Å². The summed E-state index contributed by atoms with van der Waals surface area (Å²) in [6.45, 7) is 2.14. The summed E-state index contributed by atoms with van der Waals surface area (Å²) in [4.78, 5) is 8.39. The predicted molar refractivity (Wildman–Crippen MR) is 83.9 cm³/mol. The highest BCUT2D eigenvalue weighted by Gasteiger charge is 2.15. The Morgan fingerprint density at radius 1 is 1.04 bits per heavy atom. The van der Waals surface area contributed by atoms with Crippen LogP contribution in [0.1, 0.15) is 38.4 Å². The van der Waals surface area contributed by atoms with Crippen molar-refractivity contribution in [2.75, 3.05) is 0 Å². The van der Waals surface area contributed by atoms with Crippen LogP contribution in [0.5, 0.6) is 0 Å². The van der Waals surface area contributed by atoms with Crippen molar-refractivity contribution in [3.05, 3.63) is 47.8 Å². The molecule has 0 fully saturated rings. The standard InChI is InChI=1S/C17H17F3N4/c1-2-3-4-5-6-15-22-17-21-9-11(10-24(17)23-15)16-13(19)7-12(18)8-14(16)20/h7-10H,2-6H2,1H3. The van der Waals surface area contributed by atoms with Gasteiger partial charge in [0.25, 0.3) is 5.78 Å². The molecule has 4 nitrogen and oxygen atoms in total. The lowest BCUT2D eigenvalue weighted by atomic mass is 10.1. The number of nitrogens with zero attached hydrogens (tertiary/aromatic N) is 4. The number of rotatable bonds is 6.